The van der Waals surface area contributed by atoms with Crippen LogP contribution in [0.1, 0.15) is 44.7 Å². The molecule has 2 saturated heterocycles. The molecule has 102 valence electrons. The molecule has 0 N–H and O–H groups in total. The Bertz CT molecular complexity index is 518. The lowest BCUT2D eigenvalue weighted by Gasteiger charge is -2.63. The van der Waals surface area contributed by atoms with Gasteiger partial charge in [0.05, 0.1) is 0 Å². The summed E-state index contributed by atoms with van der Waals surface area (Å²) in [5.74, 6) is 0.831. The van der Waals surface area contributed by atoms with E-state index in [1.54, 1.807) is 11.1 Å². The molecule has 4 atom stereocenters. The summed E-state index contributed by atoms with van der Waals surface area (Å²) in [6.45, 7) is 10.2. The molecule has 3 aliphatic rings. The topological polar surface area (TPSA) is 3.24 Å². The molecule has 4 unspecified atom stereocenters. The summed E-state index contributed by atoms with van der Waals surface area (Å²) < 4.78 is 0. The van der Waals surface area contributed by atoms with Gasteiger partial charge in [-0.05, 0) is 60.2 Å². The fourth-order valence-electron chi connectivity index (χ4n) is 5.61. The molecule has 0 radical (unpaired) electrons. The molecule has 0 amide bonds. The van der Waals surface area contributed by atoms with Crippen molar-refractivity contribution in [2.24, 2.45) is 11.3 Å². The van der Waals surface area contributed by atoms with Crippen molar-refractivity contribution >= 4 is 0 Å². The molecule has 2 aliphatic heterocycles. The highest BCUT2D eigenvalue weighted by atomic mass is 15.2. The van der Waals surface area contributed by atoms with E-state index in [0.717, 1.165) is 12.0 Å². The summed E-state index contributed by atoms with van der Waals surface area (Å²) in [5.41, 5.74) is 4.17. The molecule has 4 bridgehead atoms. The minimum atomic E-state index is 0.403. The minimum Gasteiger partial charge on any atom is -0.300 e. The molecule has 1 aromatic carbocycles. The van der Waals surface area contributed by atoms with Crippen molar-refractivity contribution in [3.05, 3.63) is 35.4 Å². The number of fused-ring (bicyclic) bond motifs is 2. The van der Waals surface area contributed by atoms with E-state index in [1.165, 1.54) is 32.4 Å². The van der Waals surface area contributed by atoms with Crippen molar-refractivity contribution in [1.29, 1.82) is 0 Å². The SMILES string of the molecule is CC1(C)CCN2CCC3(C)c4ccccc4CC2C13. The van der Waals surface area contributed by atoms with Crippen molar-refractivity contribution in [1.82, 2.24) is 4.90 Å². The van der Waals surface area contributed by atoms with E-state index in [1.807, 2.05) is 0 Å². The molecule has 2 fully saturated rings. The van der Waals surface area contributed by atoms with Gasteiger partial charge in [0.1, 0.15) is 0 Å². The average molecular weight is 255 g/mol. The minimum absolute atomic E-state index is 0.403. The lowest BCUT2D eigenvalue weighted by Crippen LogP contribution is -2.66. The van der Waals surface area contributed by atoms with Crippen LogP contribution in [0.5, 0.6) is 0 Å². The van der Waals surface area contributed by atoms with Crippen molar-refractivity contribution in [2.45, 2.75) is 51.5 Å². The number of nitrogens with zero attached hydrogens (tertiary/aromatic N) is 1. The summed E-state index contributed by atoms with van der Waals surface area (Å²) in [7, 11) is 0. The van der Waals surface area contributed by atoms with Gasteiger partial charge in [-0.1, -0.05) is 45.0 Å². The Labute approximate surface area is 117 Å². The maximum Gasteiger partial charge on any atom is 0.0177 e. The Morgan fingerprint density at radius 3 is 2.63 bits per heavy atom. The smallest absolute Gasteiger partial charge is 0.0177 e. The van der Waals surface area contributed by atoms with Crippen LogP contribution in [-0.4, -0.2) is 24.0 Å². The van der Waals surface area contributed by atoms with E-state index in [9.17, 15) is 0 Å². The Morgan fingerprint density at radius 1 is 1.05 bits per heavy atom. The van der Waals surface area contributed by atoms with Gasteiger partial charge in [0.2, 0.25) is 0 Å². The zero-order chi connectivity index (χ0) is 13.3. The Kier molecular flexibility index (Phi) is 2.29. The van der Waals surface area contributed by atoms with Gasteiger partial charge in [0, 0.05) is 6.04 Å². The largest absolute Gasteiger partial charge is 0.300 e. The summed E-state index contributed by atoms with van der Waals surface area (Å²) in [6, 6.07) is 10.0. The van der Waals surface area contributed by atoms with Gasteiger partial charge in [-0.25, -0.2) is 0 Å². The van der Waals surface area contributed by atoms with E-state index in [0.29, 0.717) is 10.8 Å². The highest BCUT2D eigenvalue weighted by molar-refractivity contribution is 5.41. The van der Waals surface area contributed by atoms with Gasteiger partial charge in [-0.2, -0.15) is 0 Å². The monoisotopic (exact) mass is 255 g/mol. The Morgan fingerprint density at radius 2 is 1.79 bits per heavy atom. The highest BCUT2D eigenvalue weighted by Crippen LogP contribution is 2.58. The lowest BCUT2D eigenvalue weighted by atomic mass is 9.49. The predicted molar refractivity (Wildman–Crippen MR) is 79.4 cm³/mol. The van der Waals surface area contributed by atoms with Crippen LogP contribution >= 0.6 is 0 Å². The second-order valence-electron chi connectivity index (χ2n) is 7.85. The molecule has 1 nitrogen and oxygen atoms in total. The fraction of sp³-hybridized carbons (Fsp3) is 0.667. The van der Waals surface area contributed by atoms with E-state index in [4.69, 9.17) is 0 Å². The molecule has 0 saturated carbocycles. The maximum absolute atomic E-state index is 2.79. The van der Waals surface area contributed by atoms with Gasteiger partial charge < -0.3 is 0 Å². The van der Waals surface area contributed by atoms with Crippen LogP contribution in [0.25, 0.3) is 0 Å². The third-order valence-corrected chi connectivity index (χ3v) is 6.41. The normalized spacial score (nSPS) is 42.6. The summed E-state index contributed by atoms with van der Waals surface area (Å²) in [5, 5.41) is 0. The molecule has 0 aromatic heterocycles. The molecule has 1 heteroatoms. The van der Waals surface area contributed by atoms with Crippen LogP contribution in [0, 0.1) is 11.3 Å². The third-order valence-electron chi connectivity index (χ3n) is 6.41. The van der Waals surface area contributed by atoms with E-state index >= 15 is 0 Å². The molecule has 0 spiro atoms. The zero-order valence-corrected chi connectivity index (χ0v) is 12.4. The molecular weight excluding hydrogens is 230 g/mol. The van der Waals surface area contributed by atoms with Crippen molar-refractivity contribution in [3.8, 4) is 0 Å². The first kappa shape index (κ1) is 12.0. The van der Waals surface area contributed by atoms with E-state index in [-0.39, 0.29) is 0 Å². The fourth-order valence-corrected chi connectivity index (χ4v) is 5.61. The number of rotatable bonds is 0. The Hall–Kier alpha value is -0.820. The molecule has 2 heterocycles. The molecule has 1 aromatic rings. The van der Waals surface area contributed by atoms with Gasteiger partial charge in [0.25, 0.3) is 0 Å². The zero-order valence-electron chi connectivity index (χ0n) is 12.4. The number of piperidine rings is 2. The van der Waals surface area contributed by atoms with Gasteiger partial charge in [-0.15, -0.1) is 0 Å². The van der Waals surface area contributed by atoms with E-state index < -0.39 is 0 Å². The second-order valence-corrected chi connectivity index (χ2v) is 7.85. The van der Waals surface area contributed by atoms with E-state index in [2.05, 4.69) is 49.9 Å². The average Bonchev–Trinajstić information content (AvgIpc) is 2.36. The predicted octanol–water partition coefficient (Wildman–Crippen LogP) is 3.62. The summed E-state index contributed by atoms with van der Waals surface area (Å²) in [4.78, 5) is 2.79. The van der Waals surface area contributed by atoms with Crippen LogP contribution < -0.4 is 0 Å². The third kappa shape index (κ3) is 1.45. The Balaban J connectivity index is 1.92. The molecular formula is C18H25N. The lowest BCUT2D eigenvalue weighted by molar-refractivity contribution is -0.0871. The first-order chi connectivity index (χ1) is 9.02. The van der Waals surface area contributed by atoms with Crippen molar-refractivity contribution < 1.29 is 0 Å². The highest BCUT2D eigenvalue weighted by Gasteiger charge is 2.57. The first-order valence-electron chi connectivity index (χ1n) is 7.85. The number of hydrogen-bond donors (Lipinski definition) is 0. The van der Waals surface area contributed by atoms with Crippen LogP contribution in [0.2, 0.25) is 0 Å². The van der Waals surface area contributed by atoms with Gasteiger partial charge in [0.15, 0.2) is 0 Å². The van der Waals surface area contributed by atoms with Gasteiger partial charge >= 0.3 is 0 Å². The summed E-state index contributed by atoms with van der Waals surface area (Å²) >= 11 is 0. The maximum atomic E-state index is 2.79. The van der Waals surface area contributed by atoms with Crippen LogP contribution in [0.3, 0.4) is 0 Å². The quantitative estimate of drug-likeness (QED) is 0.684. The number of hydrogen-bond acceptors (Lipinski definition) is 1. The van der Waals surface area contributed by atoms with Crippen LogP contribution in [0.15, 0.2) is 24.3 Å². The van der Waals surface area contributed by atoms with Crippen LogP contribution in [-0.2, 0) is 11.8 Å². The molecule has 4 rings (SSSR count). The van der Waals surface area contributed by atoms with Crippen molar-refractivity contribution in [3.63, 3.8) is 0 Å². The van der Waals surface area contributed by atoms with Gasteiger partial charge in [-0.3, -0.25) is 4.90 Å². The first-order valence-corrected chi connectivity index (χ1v) is 7.85. The van der Waals surface area contributed by atoms with Crippen molar-refractivity contribution in [2.75, 3.05) is 13.1 Å². The number of benzene rings is 1. The molecule has 19 heavy (non-hydrogen) atoms. The second kappa shape index (κ2) is 3.63. The van der Waals surface area contributed by atoms with Crippen LogP contribution in [0.4, 0.5) is 0 Å². The standard InChI is InChI=1S/C18H25N/c1-17(2)8-10-19-11-9-18(3)14-7-5-4-6-13(14)12-15(19)16(17)18/h4-7,15-16H,8-12H2,1-3H3. The molecule has 1 aliphatic carbocycles. The summed E-state index contributed by atoms with van der Waals surface area (Å²) in [6.07, 6.45) is 3.99.